The van der Waals surface area contributed by atoms with Gasteiger partial charge in [-0.15, -0.1) is 0 Å². The van der Waals surface area contributed by atoms with Gasteiger partial charge in [0.05, 0.1) is 6.10 Å². The Bertz CT molecular complexity index is 550. The molecule has 2 amide bonds. The highest BCUT2D eigenvalue weighted by Crippen LogP contribution is 2.33. The van der Waals surface area contributed by atoms with E-state index in [-0.39, 0.29) is 17.9 Å². The van der Waals surface area contributed by atoms with Crippen molar-refractivity contribution in [3.8, 4) is 0 Å². The fourth-order valence-electron chi connectivity index (χ4n) is 3.65. The predicted molar refractivity (Wildman–Crippen MR) is 70.6 cm³/mol. The maximum Gasteiger partial charge on any atom is 0.246 e. The van der Waals surface area contributed by atoms with E-state index in [1.54, 1.807) is 9.80 Å². The van der Waals surface area contributed by atoms with Gasteiger partial charge in [-0.05, 0) is 11.1 Å². The van der Waals surface area contributed by atoms with Crippen molar-refractivity contribution in [2.45, 2.75) is 37.6 Å². The summed E-state index contributed by atoms with van der Waals surface area (Å²) in [5.41, 5.74) is 2.27. The molecule has 0 unspecified atom stereocenters. The van der Waals surface area contributed by atoms with Gasteiger partial charge in [-0.2, -0.15) is 0 Å². The van der Waals surface area contributed by atoms with Crippen LogP contribution in [0.4, 0.5) is 0 Å². The summed E-state index contributed by atoms with van der Waals surface area (Å²) in [6, 6.07) is 7.11. The molecule has 2 saturated heterocycles. The highest BCUT2D eigenvalue weighted by atomic mass is 16.3. The summed E-state index contributed by atoms with van der Waals surface area (Å²) in [5.74, 6) is -0.0266. The first-order chi connectivity index (χ1) is 9.65. The standard InChI is InChI=1S/C15H16N2O3/c18-11-6-13-15(20)16-7-10-4-2-1-3-9(10)5-12(16)14(19)17(13)8-11/h1-4,11-13,18H,5-8H2/t11-,12-,13+/m1/s1. The molecule has 4 rings (SSSR count). The van der Waals surface area contributed by atoms with Crippen molar-refractivity contribution in [3.63, 3.8) is 0 Å². The van der Waals surface area contributed by atoms with Gasteiger partial charge < -0.3 is 14.9 Å². The minimum atomic E-state index is -0.573. The van der Waals surface area contributed by atoms with Gasteiger partial charge in [0.2, 0.25) is 11.8 Å². The van der Waals surface area contributed by atoms with Crippen LogP contribution in [0.15, 0.2) is 24.3 Å². The smallest absolute Gasteiger partial charge is 0.246 e. The maximum absolute atomic E-state index is 12.6. The van der Waals surface area contributed by atoms with E-state index in [0.29, 0.717) is 25.9 Å². The van der Waals surface area contributed by atoms with Crippen molar-refractivity contribution in [3.05, 3.63) is 35.4 Å². The minimum Gasteiger partial charge on any atom is -0.391 e. The van der Waals surface area contributed by atoms with Gasteiger partial charge in [-0.1, -0.05) is 24.3 Å². The van der Waals surface area contributed by atoms with Crippen molar-refractivity contribution in [1.82, 2.24) is 9.80 Å². The zero-order chi connectivity index (χ0) is 13.9. The lowest BCUT2D eigenvalue weighted by Gasteiger charge is -2.44. The number of aliphatic hydroxyl groups is 1. The third kappa shape index (κ3) is 1.53. The monoisotopic (exact) mass is 272 g/mol. The van der Waals surface area contributed by atoms with Crippen LogP contribution < -0.4 is 0 Å². The fraction of sp³-hybridized carbons (Fsp3) is 0.467. The molecule has 0 aliphatic carbocycles. The molecule has 1 N–H and O–H groups in total. The first-order valence-corrected chi connectivity index (χ1v) is 7.01. The number of amides is 2. The molecule has 5 heteroatoms. The number of piperazine rings is 1. The fourth-order valence-corrected chi connectivity index (χ4v) is 3.65. The zero-order valence-corrected chi connectivity index (χ0v) is 11.0. The quantitative estimate of drug-likeness (QED) is 0.718. The molecule has 0 saturated carbocycles. The van der Waals surface area contributed by atoms with Crippen LogP contribution in [-0.4, -0.2) is 51.5 Å². The summed E-state index contributed by atoms with van der Waals surface area (Å²) in [6.45, 7) is 0.799. The van der Waals surface area contributed by atoms with Gasteiger partial charge in [0, 0.05) is 25.9 Å². The lowest BCUT2D eigenvalue weighted by molar-refractivity contribution is -0.160. The Morgan fingerprint density at radius 3 is 2.50 bits per heavy atom. The van der Waals surface area contributed by atoms with Crippen molar-refractivity contribution >= 4 is 11.8 Å². The van der Waals surface area contributed by atoms with E-state index in [9.17, 15) is 14.7 Å². The topological polar surface area (TPSA) is 60.9 Å². The number of carbonyl (C=O) groups excluding carboxylic acids is 2. The van der Waals surface area contributed by atoms with Crippen LogP contribution in [0.2, 0.25) is 0 Å². The lowest BCUT2D eigenvalue weighted by Crippen LogP contribution is -2.64. The SMILES string of the molecule is O=C1[C@@H]2C[C@@H](O)CN2C(=O)[C@H]2Cc3ccccc3CN12. The molecular formula is C15H16N2O3. The van der Waals surface area contributed by atoms with Crippen LogP contribution in [0, 0.1) is 0 Å². The van der Waals surface area contributed by atoms with Crippen LogP contribution in [0.1, 0.15) is 17.5 Å². The minimum absolute atomic E-state index is 0.0133. The number of aliphatic hydroxyl groups excluding tert-OH is 1. The normalized spacial score (nSPS) is 31.9. The van der Waals surface area contributed by atoms with E-state index < -0.39 is 12.1 Å². The van der Waals surface area contributed by atoms with Gasteiger partial charge in [-0.25, -0.2) is 0 Å². The molecule has 20 heavy (non-hydrogen) atoms. The lowest BCUT2D eigenvalue weighted by atomic mass is 9.90. The second kappa shape index (κ2) is 4.06. The van der Waals surface area contributed by atoms with E-state index >= 15 is 0 Å². The molecule has 104 valence electrons. The van der Waals surface area contributed by atoms with Crippen molar-refractivity contribution in [2.24, 2.45) is 0 Å². The van der Waals surface area contributed by atoms with Crippen LogP contribution in [-0.2, 0) is 22.6 Å². The summed E-state index contributed by atoms with van der Waals surface area (Å²) < 4.78 is 0. The van der Waals surface area contributed by atoms with Crippen LogP contribution in [0.25, 0.3) is 0 Å². The average molecular weight is 272 g/mol. The second-order valence-corrected chi connectivity index (χ2v) is 5.85. The van der Waals surface area contributed by atoms with Crippen LogP contribution >= 0.6 is 0 Å². The Kier molecular flexibility index (Phi) is 2.41. The molecule has 1 aromatic carbocycles. The summed E-state index contributed by atoms with van der Waals surface area (Å²) in [5, 5.41) is 9.74. The van der Waals surface area contributed by atoms with Gasteiger partial charge in [0.25, 0.3) is 0 Å². The number of rotatable bonds is 0. The maximum atomic E-state index is 12.6. The van der Waals surface area contributed by atoms with Gasteiger partial charge >= 0.3 is 0 Å². The van der Waals surface area contributed by atoms with E-state index in [4.69, 9.17) is 0 Å². The molecule has 3 atom stereocenters. The van der Waals surface area contributed by atoms with E-state index in [0.717, 1.165) is 11.1 Å². The Hall–Kier alpha value is -1.88. The van der Waals surface area contributed by atoms with Crippen molar-refractivity contribution in [2.75, 3.05) is 6.54 Å². The number of carbonyl (C=O) groups is 2. The van der Waals surface area contributed by atoms with Gasteiger partial charge in [0.15, 0.2) is 0 Å². The molecule has 2 fully saturated rings. The summed E-state index contributed by atoms with van der Waals surface area (Å²) >= 11 is 0. The Morgan fingerprint density at radius 1 is 1.00 bits per heavy atom. The van der Waals surface area contributed by atoms with Crippen LogP contribution in [0.3, 0.4) is 0 Å². The molecule has 0 aromatic heterocycles. The van der Waals surface area contributed by atoms with Crippen LogP contribution in [0.5, 0.6) is 0 Å². The third-order valence-corrected chi connectivity index (χ3v) is 4.66. The molecule has 0 radical (unpaired) electrons. The predicted octanol–water partition coefficient (Wildman–Crippen LogP) is -0.0847. The number of benzene rings is 1. The van der Waals surface area contributed by atoms with E-state index in [1.807, 2.05) is 24.3 Å². The first kappa shape index (κ1) is 11.9. The first-order valence-electron chi connectivity index (χ1n) is 7.01. The molecule has 0 bridgehead atoms. The Balaban J connectivity index is 1.73. The molecule has 3 aliphatic heterocycles. The molecule has 0 spiro atoms. The molecule has 3 aliphatic rings. The van der Waals surface area contributed by atoms with Crippen molar-refractivity contribution in [1.29, 1.82) is 0 Å². The number of fused-ring (bicyclic) bond motifs is 3. The highest BCUT2D eigenvalue weighted by molar-refractivity contribution is 5.98. The van der Waals surface area contributed by atoms with Gasteiger partial charge in [-0.3, -0.25) is 9.59 Å². The van der Waals surface area contributed by atoms with Crippen molar-refractivity contribution < 1.29 is 14.7 Å². The molecular weight excluding hydrogens is 256 g/mol. The van der Waals surface area contributed by atoms with E-state index in [2.05, 4.69) is 0 Å². The zero-order valence-electron chi connectivity index (χ0n) is 11.0. The highest BCUT2D eigenvalue weighted by Gasteiger charge is 2.51. The molecule has 1 aromatic rings. The summed E-state index contributed by atoms with van der Waals surface area (Å²) in [4.78, 5) is 28.4. The largest absolute Gasteiger partial charge is 0.391 e. The third-order valence-electron chi connectivity index (χ3n) is 4.66. The second-order valence-electron chi connectivity index (χ2n) is 5.85. The Morgan fingerprint density at radius 2 is 1.70 bits per heavy atom. The van der Waals surface area contributed by atoms with E-state index in [1.165, 1.54) is 0 Å². The van der Waals surface area contributed by atoms with Gasteiger partial charge in [0.1, 0.15) is 12.1 Å². The number of nitrogens with zero attached hydrogens (tertiary/aromatic N) is 2. The summed E-state index contributed by atoms with van der Waals surface area (Å²) in [6.07, 6.45) is 0.381. The average Bonchev–Trinajstić information content (AvgIpc) is 2.85. The molecule has 5 nitrogen and oxygen atoms in total. The number of hydrogen-bond acceptors (Lipinski definition) is 3. The Labute approximate surface area is 116 Å². The summed E-state index contributed by atoms with van der Waals surface area (Å²) in [7, 11) is 0. The number of hydrogen-bond donors (Lipinski definition) is 1. The molecule has 3 heterocycles.